The monoisotopic (exact) mass is 322 g/mol. The molecule has 126 valence electrons. The predicted octanol–water partition coefficient (Wildman–Crippen LogP) is 3.62. The molecular weight excluding hydrogens is 296 g/mol. The van der Waals surface area contributed by atoms with Gasteiger partial charge in [0.25, 0.3) is 0 Å². The van der Waals surface area contributed by atoms with E-state index >= 15 is 0 Å². The Morgan fingerprint density at radius 1 is 1.17 bits per heavy atom. The number of fused-ring (bicyclic) bond motifs is 1. The summed E-state index contributed by atoms with van der Waals surface area (Å²) in [4.78, 5) is 14.5. The van der Waals surface area contributed by atoms with Gasteiger partial charge >= 0.3 is 0 Å². The van der Waals surface area contributed by atoms with Crippen LogP contribution in [0.15, 0.2) is 48.5 Å². The van der Waals surface area contributed by atoms with E-state index in [9.17, 15) is 4.79 Å². The molecule has 24 heavy (non-hydrogen) atoms. The van der Waals surface area contributed by atoms with Gasteiger partial charge in [-0.15, -0.1) is 0 Å². The standard InChI is InChI=1S/C21H26N2O/c1-16-10-12-17(13-11-16)14-23(2)15-21(24)22-20-9-5-7-18-6-3-4-8-19(18)20/h3-4,6,8,10-13,20H,5,7,9,14-15H2,1-2H3,(H,22,24)/t20-/m0/s1. The average Bonchev–Trinajstić information content (AvgIpc) is 2.57. The third-order valence-corrected chi connectivity index (χ3v) is 4.69. The lowest BCUT2D eigenvalue weighted by molar-refractivity contribution is -0.122. The Bertz CT molecular complexity index is 693. The van der Waals surface area contributed by atoms with Crippen molar-refractivity contribution in [3.63, 3.8) is 0 Å². The Hall–Kier alpha value is -2.13. The van der Waals surface area contributed by atoms with Gasteiger partial charge in [0, 0.05) is 6.54 Å². The van der Waals surface area contributed by atoms with E-state index in [1.807, 2.05) is 7.05 Å². The van der Waals surface area contributed by atoms with Crippen LogP contribution in [0.2, 0.25) is 0 Å². The van der Waals surface area contributed by atoms with Gasteiger partial charge in [0.05, 0.1) is 12.6 Å². The van der Waals surface area contributed by atoms with E-state index in [2.05, 4.69) is 65.7 Å². The Kier molecular flexibility index (Phi) is 5.31. The molecule has 1 aliphatic carbocycles. The number of nitrogens with one attached hydrogen (secondary N) is 1. The molecule has 1 amide bonds. The van der Waals surface area contributed by atoms with E-state index in [0.717, 1.165) is 25.8 Å². The molecule has 0 fully saturated rings. The van der Waals surface area contributed by atoms with Gasteiger partial charge in [-0.3, -0.25) is 9.69 Å². The smallest absolute Gasteiger partial charge is 0.234 e. The van der Waals surface area contributed by atoms with Crippen molar-refractivity contribution in [2.24, 2.45) is 0 Å². The van der Waals surface area contributed by atoms with Crippen molar-refractivity contribution in [3.8, 4) is 0 Å². The van der Waals surface area contributed by atoms with Crippen LogP contribution < -0.4 is 5.32 Å². The van der Waals surface area contributed by atoms with Gasteiger partial charge in [-0.25, -0.2) is 0 Å². The molecular formula is C21H26N2O. The molecule has 1 N–H and O–H groups in total. The second kappa shape index (κ2) is 7.63. The molecule has 2 aromatic carbocycles. The number of nitrogens with zero attached hydrogens (tertiary/aromatic N) is 1. The topological polar surface area (TPSA) is 32.3 Å². The van der Waals surface area contributed by atoms with Crippen molar-refractivity contribution in [1.29, 1.82) is 0 Å². The van der Waals surface area contributed by atoms with Crippen LogP contribution in [-0.2, 0) is 17.8 Å². The Morgan fingerprint density at radius 2 is 1.92 bits per heavy atom. The molecule has 0 heterocycles. The molecule has 0 radical (unpaired) electrons. The molecule has 0 bridgehead atoms. The molecule has 3 nitrogen and oxygen atoms in total. The lowest BCUT2D eigenvalue weighted by Gasteiger charge is -2.27. The molecule has 3 heteroatoms. The van der Waals surface area contributed by atoms with Crippen LogP contribution >= 0.6 is 0 Å². The summed E-state index contributed by atoms with van der Waals surface area (Å²) in [7, 11) is 1.99. The molecule has 2 aromatic rings. The second-order valence-electron chi connectivity index (χ2n) is 6.87. The number of likely N-dealkylation sites (N-methyl/N-ethyl adjacent to an activating group) is 1. The van der Waals surface area contributed by atoms with Crippen LogP contribution in [0.1, 0.15) is 41.1 Å². The van der Waals surface area contributed by atoms with Gasteiger partial charge in [-0.2, -0.15) is 0 Å². The first-order chi connectivity index (χ1) is 11.6. The van der Waals surface area contributed by atoms with Crippen LogP contribution in [0.3, 0.4) is 0 Å². The summed E-state index contributed by atoms with van der Waals surface area (Å²) in [5.74, 6) is 0.103. The molecule has 1 atom stereocenters. The maximum absolute atomic E-state index is 12.4. The minimum absolute atomic E-state index is 0.103. The minimum Gasteiger partial charge on any atom is -0.348 e. The average molecular weight is 322 g/mol. The zero-order valence-corrected chi connectivity index (χ0v) is 14.6. The first kappa shape index (κ1) is 16.7. The van der Waals surface area contributed by atoms with E-state index < -0.39 is 0 Å². The first-order valence-corrected chi connectivity index (χ1v) is 8.73. The summed E-state index contributed by atoms with van der Waals surface area (Å²) in [6.45, 7) is 3.30. The number of aryl methyl sites for hydroxylation is 2. The quantitative estimate of drug-likeness (QED) is 0.912. The highest BCUT2D eigenvalue weighted by Crippen LogP contribution is 2.29. The van der Waals surface area contributed by atoms with Gasteiger partial charge in [0.2, 0.25) is 5.91 Å². The van der Waals surface area contributed by atoms with Crippen molar-refractivity contribution in [2.75, 3.05) is 13.6 Å². The van der Waals surface area contributed by atoms with Gasteiger partial charge < -0.3 is 5.32 Å². The largest absolute Gasteiger partial charge is 0.348 e. The van der Waals surface area contributed by atoms with Crippen molar-refractivity contribution >= 4 is 5.91 Å². The van der Waals surface area contributed by atoms with Crippen molar-refractivity contribution in [2.45, 2.75) is 38.8 Å². The SMILES string of the molecule is Cc1ccc(CN(C)CC(=O)N[C@H]2CCCc3ccccc32)cc1. The van der Waals surface area contributed by atoms with E-state index in [1.165, 1.54) is 22.3 Å². The lowest BCUT2D eigenvalue weighted by atomic mass is 9.88. The van der Waals surface area contributed by atoms with Crippen LogP contribution in [0.25, 0.3) is 0 Å². The summed E-state index contributed by atoms with van der Waals surface area (Å²) in [5, 5.41) is 3.22. The van der Waals surface area contributed by atoms with Crippen molar-refractivity contribution in [1.82, 2.24) is 10.2 Å². The van der Waals surface area contributed by atoms with Crippen molar-refractivity contribution in [3.05, 3.63) is 70.8 Å². The number of rotatable bonds is 5. The molecule has 0 saturated carbocycles. The van der Waals surface area contributed by atoms with E-state index in [4.69, 9.17) is 0 Å². The van der Waals surface area contributed by atoms with Crippen LogP contribution in [0, 0.1) is 6.92 Å². The highest BCUT2D eigenvalue weighted by molar-refractivity contribution is 5.78. The van der Waals surface area contributed by atoms with Crippen LogP contribution in [0.5, 0.6) is 0 Å². The molecule has 0 aliphatic heterocycles. The van der Waals surface area contributed by atoms with Crippen LogP contribution in [-0.4, -0.2) is 24.4 Å². The fraction of sp³-hybridized carbons (Fsp3) is 0.381. The third-order valence-electron chi connectivity index (χ3n) is 4.69. The molecule has 3 rings (SSSR count). The Balaban J connectivity index is 1.55. The highest BCUT2D eigenvalue weighted by Gasteiger charge is 2.21. The van der Waals surface area contributed by atoms with Crippen LogP contribution in [0.4, 0.5) is 0 Å². The van der Waals surface area contributed by atoms with E-state index in [-0.39, 0.29) is 11.9 Å². The van der Waals surface area contributed by atoms with Gasteiger partial charge in [0.1, 0.15) is 0 Å². The zero-order chi connectivity index (χ0) is 16.9. The fourth-order valence-corrected chi connectivity index (χ4v) is 3.45. The van der Waals surface area contributed by atoms with E-state index in [0.29, 0.717) is 6.54 Å². The molecule has 0 aromatic heterocycles. The normalized spacial score (nSPS) is 16.7. The number of carbonyl (C=O) groups excluding carboxylic acids is 1. The summed E-state index contributed by atoms with van der Waals surface area (Å²) in [6, 6.07) is 17.1. The molecule has 1 aliphatic rings. The van der Waals surface area contributed by atoms with Gasteiger partial charge in [-0.1, -0.05) is 54.1 Å². The maximum Gasteiger partial charge on any atom is 0.234 e. The Morgan fingerprint density at radius 3 is 2.71 bits per heavy atom. The number of hydrogen-bond donors (Lipinski definition) is 1. The summed E-state index contributed by atoms with van der Waals surface area (Å²) >= 11 is 0. The number of carbonyl (C=O) groups is 1. The Labute approximate surface area is 144 Å². The zero-order valence-electron chi connectivity index (χ0n) is 14.6. The van der Waals surface area contributed by atoms with Crippen molar-refractivity contribution < 1.29 is 4.79 Å². The highest BCUT2D eigenvalue weighted by atomic mass is 16.2. The van der Waals surface area contributed by atoms with Gasteiger partial charge in [-0.05, 0) is 49.9 Å². The van der Waals surface area contributed by atoms with Gasteiger partial charge in [0.15, 0.2) is 0 Å². The first-order valence-electron chi connectivity index (χ1n) is 8.73. The number of hydrogen-bond acceptors (Lipinski definition) is 2. The molecule has 0 saturated heterocycles. The van der Waals surface area contributed by atoms with E-state index in [1.54, 1.807) is 0 Å². The predicted molar refractivity (Wildman–Crippen MR) is 97.8 cm³/mol. The fourth-order valence-electron chi connectivity index (χ4n) is 3.45. The summed E-state index contributed by atoms with van der Waals surface area (Å²) in [6.07, 6.45) is 3.29. The maximum atomic E-state index is 12.4. The number of benzene rings is 2. The third kappa shape index (κ3) is 4.24. The molecule has 0 spiro atoms. The summed E-state index contributed by atoms with van der Waals surface area (Å²) in [5.41, 5.74) is 5.16. The minimum atomic E-state index is 0.103. The molecule has 0 unspecified atom stereocenters. The lowest BCUT2D eigenvalue weighted by Crippen LogP contribution is -2.38. The second-order valence-corrected chi connectivity index (χ2v) is 6.87. The number of amides is 1. The summed E-state index contributed by atoms with van der Waals surface area (Å²) < 4.78 is 0.